The number of carbonyl (C=O) groups is 1. The lowest BCUT2D eigenvalue weighted by Crippen LogP contribution is -2.20. The minimum absolute atomic E-state index is 0.0232. The van der Waals surface area contributed by atoms with E-state index in [4.69, 9.17) is 0 Å². The minimum atomic E-state index is -0.240. The first-order valence-electron chi connectivity index (χ1n) is 7.73. The fourth-order valence-corrected chi connectivity index (χ4v) is 4.02. The molecule has 120 valence electrons. The molecular weight excluding hydrogens is 332 g/mol. The van der Waals surface area contributed by atoms with Crippen molar-refractivity contribution in [2.24, 2.45) is 0 Å². The van der Waals surface area contributed by atoms with E-state index in [1.165, 1.54) is 11.3 Å². The Hall–Kier alpha value is -3.23. The molecule has 4 rings (SSSR count). The molecule has 0 aliphatic heterocycles. The van der Waals surface area contributed by atoms with Crippen LogP contribution in [0.1, 0.15) is 21.5 Å². The SMILES string of the molecule is N#Cc1cc(CC(=O)c2ccccc2)c(=O)n2c1sc1ccccc12. The average Bonchev–Trinajstić information content (AvgIpc) is 3.04. The number of rotatable bonds is 3. The number of fused-ring (bicyclic) bond motifs is 3. The summed E-state index contributed by atoms with van der Waals surface area (Å²) in [6, 6.07) is 20.1. The molecule has 4 aromatic rings. The lowest BCUT2D eigenvalue weighted by atomic mass is 10.0. The Bertz CT molecular complexity index is 1210. The summed E-state index contributed by atoms with van der Waals surface area (Å²) in [7, 11) is 0. The van der Waals surface area contributed by atoms with Crippen LogP contribution < -0.4 is 5.56 Å². The summed E-state index contributed by atoms with van der Waals surface area (Å²) in [6.45, 7) is 0. The molecule has 0 aliphatic rings. The predicted octanol–water partition coefficient (Wildman–Crippen LogP) is 3.81. The van der Waals surface area contributed by atoms with E-state index in [0.29, 0.717) is 21.5 Å². The molecule has 0 atom stereocenters. The predicted molar refractivity (Wildman–Crippen MR) is 98.2 cm³/mol. The molecule has 0 aliphatic carbocycles. The van der Waals surface area contributed by atoms with E-state index < -0.39 is 0 Å². The van der Waals surface area contributed by atoms with Gasteiger partial charge in [0, 0.05) is 17.5 Å². The van der Waals surface area contributed by atoms with E-state index in [2.05, 4.69) is 6.07 Å². The minimum Gasteiger partial charge on any atom is -0.294 e. The highest BCUT2D eigenvalue weighted by Gasteiger charge is 2.17. The lowest BCUT2D eigenvalue weighted by molar-refractivity contribution is 0.0992. The first-order valence-corrected chi connectivity index (χ1v) is 8.55. The molecule has 0 saturated heterocycles. The molecule has 0 spiro atoms. The third kappa shape index (κ3) is 2.53. The highest BCUT2D eigenvalue weighted by atomic mass is 32.1. The van der Waals surface area contributed by atoms with Gasteiger partial charge in [-0.15, -0.1) is 11.3 Å². The third-order valence-electron chi connectivity index (χ3n) is 4.11. The molecule has 0 fully saturated rings. The van der Waals surface area contributed by atoms with Crippen molar-refractivity contribution in [3.8, 4) is 6.07 Å². The van der Waals surface area contributed by atoms with Crippen molar-refractivity contribution in [3.05, 3.63) is 87.7 Å². The summed E-state index contributed by atoms with van der Waals surface area (Å²) in [4.78, 5) is 26.0. The van der Waals surface area contributed by atoms with Crippen LogP contribution >= 0.6 is 11.3 Å². The molecule has 2 aromatic carbocycles. The van der Waals surface area contributed by atoms with Crippen molar-refractivity contribution in [2.45, 2.75) is 6.42 Å². The van der Waals surface area contributed by atoms with Gasteiger partial charge in [0.1, 0.15) is 10.9 Å². The van der Waals surface area contributed by atoms with E-state index in [0.717, 1.165) is 10.2 Å². The standard InChI is InChI=1S/C20H12N2O2S/c21-12-15-10-14(11-17(23)13-6-2-1-3-7-13)19(24)22-16-8-4-5-9-18(16)25-20(15)22/h1-10H,11H2. The normalized spacial score (nSPS) is 10.8. The van der Waals surface area contributed by atoms with Crippen LogP contribution in [0.15, 0.2) is 65.5 Å². The Morgan fingerprint density at radius 1 is 1.08 bits per heavy atom. The second-order valence-corrected chi connectivity index (χ2v) is 6.71. The third-order valence-corrected chi connectivity index (χ3v) is 5.27. The molecule has 0 bridgehead atoms. The number of ketones is 1. The van der Waals surface area contributed by atoms with Gasteiger partial charge >= 0.3 is 0 Å². The van der Waals surface area contributed by atoms with Crippen LogP contribution in [0.2, 0.25) is 0 Å². The smallest absolute Gasteiger partial charge is 0.259 e. The fourth-order valence-electron chi connectivity index (χ4n) is 2.91. The fraction of sp³-hybridized carbons (Fsp3) is 0.0500. The van der Waals surface area contributed by atoms with Crippen LogP contribution in [0.5, 0.6) is 0 Å². The number of benzene rings is 2. The number of pyridine rings is 1. The maximum absolute atomic E-state index is 12.9. The van der Waals surface area contributed by atoms with Crippen LogP contribution in [-0.4, -0.2) is 10.2 Å². The number of nitrogens with zero attached hydrogens (tertiary/aromatic N) is 2. The molecule has 0 N–H and O–H groups in total. The Kier molecular flexibility index (Phi) is 3.68. The second-order valence-electron chi connectivity index (χ2n) is 5.68. The van der Waals surface area contributed by atoms with Crippen LogP contribution in [0.3, 0.4) is 0 Å². The summed E-state index contributed by atoms with van der Waals surface area (Å²) >= 11 is 1.41. The van der Waals surface area contributed by atoms with Crippen molar-refractivity contribution in [1.29, 1.82) is 5.26 Å². The Balaban J connectivity index is 1.92. The molecular formula is C20H12N2O2S. The number of nitriles is 1. The number of Topliss-reactive ketones (excluding diaryl/α,β-unsaturated/α-hetero) is 1. The molecule has 4 nitrogen and oxygen atoms in total. The second kappa shape index (κ2) is 6.00. The Morgan fingerprint density at radius 2 is 1.80 bits per heavy atom. The lowest BCUT2D eigenvalue weighted by Gasteiger charge is -2.04. The number of para-hydroxylation sites is 1. The van der Waals surface area contributed by atoms with Gasteiger partial charge in [-0.1, -0.05) is 42.5 Å². The molecule has 5 heteroatoms. The van der Waals surface area contributed by atoms with Gasteiger partial charge in [0.25, 0.3) is 5.56 Å². The first-order chi connectivity index (χ1) is 12.2. The van der Waals surface area contributed by atoms with E-state index >= 15 is 0 Å². The van der Waals surface area contributed by atoms with E-state index in [1.807, 2.05) is 30.3 Å². The van der Waals surface area contributed by atoms with Crippen molar-refractivity contribution >= 4 is 32.2 Å². The van der Waals surface area contributed by atoms with E-state index in [9.17, 15) is 14.9 Å². The maximum atomic E-state index is 12.9. The summed E-state index contributed by atoms with van der Waals surface area (Å²) < 4.78 is 2.48. The Labute approximate surface area is 147 Å². The quantitative estimate of drug-likeness (QED) is 0.531. The molecule has 0 radical (unpaired) electrons. The van der Waals surface area contributed by atoms with Gasteiger partial charge in [-0.2, -0.15) is 5.26 Å². The van der Waals surface area contributed by atoms with Gasteiger partial charge in [-0.25, -0.2) is 0 Å². The maximum Gasteiger partial charge on any atom is 0.259 e. The van der Waals surface area contributed by atoms with Crippen molar-refractivity contribution in [1.82, 2.24) is 4.40 Å². The molecule has 2 heterocycles. The zero-order valence-corrected chi connectivity index (χ0v) is 13.9. The zero-order valence-electron chi connectivity index (χ0n) is 13.1. The number of hydrogen-bond acceptors (Lipinski definition) is 4. The Morgan fingerprint density at radius 3 is 2.56 bits per heavy atom. The number of carbonyl (C=O) groups excluding carboxylic acids is 1. The van der Waals surface area contributed by atoms with E-state index in [1.54, 1.807) is 34.7 Å². The van der Waals surface area contributed by atoms with Crippen LogP contribution in [-0.2, 0) is 6.42 Å². The summed E-state index contributed by atoms with van der Waals surface area (Å²) in [5, 5.41) is 9.48. The van der Waals surface area contributed by atoms with Gasteiger partial charge < -0.3 is 0 Å². The first kappa shape index (κ1) is 15.3. The number of thiazole rings is 1. The average molecular weight is 344 g/mol. The summed E-state index contributed by atoms with van der Waals surface area (Å²) in [5.41, 5.74) is 1.83. The molecule has 0 unspecified atom stereocenters. The summed E-state index contributed by atoms with van der Waals surface area (Å²) in [6.07, 6.45) is -0.0232. The monoisotopic (exact) mass is 344 g/mol. The van der Waals surface area contributed by atoms with Crippen LogP contribution in [0.25, 0.3) is 15.0 Å². The highest BCUT2D eigenvalue weighted by Crippen LogP contribution is 2.27. The van der Waals surface area contributed by atoms with Gasteiger partial charge in [-0.3, -0.25) is 14.0 Å². The van der Waals surface area contributed by atoms with Crippen LogP contribution in [0.4, 0.5) is 0 Å². The van der Waals surface area contributed by atoms with Crippen molar-refractivity contribution < 1.29 is 4.79 Å². The largest absolute Gasteiger partial charge is 0.294 e. The van der Waals surface area contributed by atoms with Gasteiger partial charge in [0.15, 0.2) is 5.78 Å². The number of aromatic nitrogens is 1. The molecule has 0 amide bonds. The molecule has 2 aromatic heterocycles. The zero-order chi connectivity index (χ0) is 17.4. The topological polar surface area (TPSA) is 62.3 Å². The summed E-state index contributed by atoms with van der Waals surface area (Å²) in [5.74, 6) is -0.138. The van der Waals surface area contributed by atoms with Crippen LogP contribution in [0, 0.1) is 11.3 Å². The van der Waals surface area contributed by atoms with Gasteiger partial charge in [0.2, 0.25) is 0 Å². The van der Waals surface area contributed by atoms with Crippen molar-refractivity contribution in [3.63, 3.8) is 0 Å². The molecule has 25 heavy (non-hydrogen) atoms. The highest BCUT2D eigenvalue weighted by molar-refractivity contribution is 7.24. The number of hydrogen-bond donors (Lipinski definition) is 0. The molecule has 0 saturated carbocycles. The van der Waals surface area contributed by atoms with Gasteiger partial charge in [-0.05, 0) is 18.2 Å². The van der Waals surface area contributed by atoms with Crippen molar-refractivity contribution in [2.75, 3.05) is 0 Å². The van der Waals surface area contributed by atoms with Gasteiger partial charge in [0.05, 0.1) is 15.8 Å². The van der Waals surface area contributed by atoms with E-state index in [-0.39, 0.29) is 17.8 Å².